The van der Waals surface area contributed by atoms with Crippen LogP contribution in [0.5, 0.6) is 11.5 Å². The molecule has 0 aliphatic carbocycles. The highest BCUT2D eigenvalue weighted by atomic mass is 35.5. The third-order valence-corrected chi connectivity index (χ3v) is 5.78. The summed E-state index contributed by atoms with van der Waals surface area (Å²) in [5.74, 6) is 0.125. The van der Waals surface area contributed by atoms with Crippen LogP contribution in [0.15, 0.2) is 49.1 Å². The smallest absolute Gasteiger partial charge is 0.271 e. The number of amides is 2. The van der Waals surface area contributed by atoms with E-state index in [1.165, 1.54) is 9.80 Å². The molecule has 1 unspecified atom stereocenters. The summed E-state index contributed by atoms with van der Waals surface area (Å²) in [4.78, 5) is 42.0. The Morgan fingerprint density at radius 1 is 1.19 bits per heavy atom. The highest BCUT2D eigenvalue weighted by molar-refractivity contribution is 6.31. The number of halogens is 1. The first-order valence-corrected chi connectivity index (χ1v) is 10.6. The summed E-state index contributed by atoms with van der Waals surface area (Å²) in [6.45, 7) is 8.90. The number of rotatable bonds is 5. The van der Waals surface area contributed by atoms with Crippen LogP contribution in [0.25, 0.3) is 0 Å². The Morgan fingerprint density at radius 3 is 2.62 bits per heavy atom. The molecule has 0 radical (unpaired) electrons. The molecule has 2 aromatic rings. The minimum Gasteiger partial charge on any atom is -0.482 e. The Hall–Kier alpha value is -3.32. The van der Waals surface area contributed by atoms with Crippen LogP contribution in [0, 0.1) is 0 Å². The monoisotopic (exact) mass is 454 g/mol. The van der Waals surface area contributed by atoms with E-state index in [0.717, 1.165) is 0 Å². The van der Waals surface area contributed by atoms with E-state index in [2.05, 4.69) is 6.58 Å². The number of benzene rings is 2. The molecule has 8 heteroatoms. The van der Waals surface area contributed by atoms with E-state index in [-0.39, 0.29) is 24.2 Å². The Bertz CT molecular complexity index is 1140. The molecule has 2 heterocycles. The van der Waals surface area contributed by atoms with Crippen molar-refractivity contribution in [2.45, 2.75) is 32.4 Å². The van der Waals surface area contributed by atoms with Crippen LogP contribution in [-0.4, -0.2) is 42.4 Å². The standard InChI is InChI=1S/C24H23ClN2O5/c1-5-10-26-17-11-15(6-8-19(17)31-13-21(26)28)22(29)14(2)27-18-12-16(25)7-9-20(18)32-24(3,4)23(27)30/h5-9,11-12,14H,1,10,13H2,2-4H3. The molecule has 2 aliphatic heterocycles. The molecule has 2 amide bonds. The first-order chi connectivity index (χ1) is 15.1. The molecule has 0 spiro atoms. The topological polar surface area (TPSA) is 76.2 Å². The molecular weight excluding hydrogens is 432 g/mol. The van der Waals surface area contributed by atoms with Gasteiger partial charge in [-0.2, -0.15) is 0 Å². The second-order valence-electron chi connectivity index (χ2n) is 8.20. The SMILES string of the molecule is C=CCN1C(=O)COc2ccc(C(=O)C(C)N3C(=O)C(C)(C)Oc4ccc(Cl)cc43)cc21. The van der Waals surface area contributed by atoms with Crippen molar-refractivity contribution in [1.29, 1.82) is 0 Å². The number of ether oxygens (including phenoxy) is 2. The number of Topliss-reactive ketones (excluding diaryl/α,β-unsaturated/α-hetero) is 1. The number of nitrogens with zero attached hydrogens (tertiary/aromatic N) is 2. The van der Waals surface area contributed by atoms with Crippen LogP contribution < -0.4 is 19.3 Å². The first kappa shape index (κ1) is 21.9. The molecule has 2 aromatic carbocycles. The van der Waals surface area contributed by atoms with Crippen LogP contribution in [0.1, 0.15) is 31.1 Å². The predicted molar refractivity (Wildman–Crippen MR) is 122 cm³/mol. The Labute approximate surface area is 191 Å². The molecule has 0 aromatic heterocycles. The molecule has 166 valence electrons. The van der Waals surface area contributed by atoms with Crippen LogP contribution in [0.2, 0.25) is 5.02 Å². The van der Waals surface area contributed by atoms with Gasteiger partial charge in [0.2, 0.25) is 0 Å². The van der Waals surface area contributed by atoms with E-state index in [1.54, 1.807) is 63.2 Å². The van der Waals surface area contributed by atoms with E-state index in [0.29, 0.717) is 40.0 Å². The normalized spacial score (nSPS) is 17.6. The van der Waals surface area contributed by atoms with Gasteiger partial charge < -0.3 is 14.4 Å². The molecule has 7 nitrogen and oxygen atoms in total. The summed E-state index contributed by atoms with van der Waals surface area (Å²) in [5, 5.41) is 0.425. The molecule has 32 heavy (non-hydrogen) atoms. The van der Waals surface area contributed by atoms with Crippen molar-refractivity contribution in [2.24, 2.45) is 0 Å². The van der Waals surface area contributed by atoms with E-state index < -0.39 is 11.6 Å². The van der Waals surface area contributed by atoms with Crippen molar-refractivity contribution < 1.29 is 23.9 Å². The second kappa shape index (κ2) is 7.98. The Balaban J connectivity index is 1.73. The number of hydrogen-bond acceptors (Lipinski definition) is 5. The zero-order chi connectivity index (χ0) is 23.2. The largest absolute Gasteiger partial charge is 0.482 e. The van der Waals surface area contributed by atoms with Crippen molar-refractivity contribution in [3.05, 3.63) is 59.6 Å². The third kappa shape index (κ3) is 3.62. The fourth-order valence-corrected chi connectivity index (χ4v) is 4.08. The lowest BCUT2D eigenvalue weighted by Crippen LogP contribution is -2.57. The van der Waals surface area contributed by atoms with Crippen LogP contribution in [-0.2, 0) is 9.59 Å². The minimum atomic E-state index is -1.15. The zero-order valence-corrected chi connectivity index (χ0v) is 18.8. The van der Waals surface area contributed by atoms with Crippen LogP contribution in [0.3, 0.4) is 0 Å². The van der Waals surface area contributed by atoms with E-state index in [9.17, 15) is 14.4 Å². The Morgan fingerprint density at radius 2 is 1.91 bits per heavy atom. The number of carbonyl (C=O) groups excluding carboxylic acids is 3. The average Bonchev–Trinajstić information content (AvgIpc) is 2.76. The summed E-state index contributed by atoms with van der Waals surface area (Å²) in [7, 11) is 0. The van der Waals surface area contributed by atoms with Crippen molar-refractivity contribution in [1.82, 2.24) is 0 Å². The van der Waals surface area contributed by atoms with Crippen molar-refractivity contribution >= 4 is 40.6 Å². The summed E-state index contributed by atoms with van der Waals surface area (Å²) < 4.78 is 11.3. The van der Waals surface area contributed by atoms with Gasteiger partial charge in [-0.1, -0.05) is 17.7 Å². The van der Waals surface area contributed by atoms with Crippen LogP contribution >= 0.6 is 11.6 Å². The van der Waals surface area contributed by atoms with Gasteiger partial charge in [0.1, 0.15) is 11.5 Å². The molecule has 0 saturated heterocycles. The first-order valence-electron chi connectivity index (χ1n) is 10.2. The molecule has 1 atom stereocenters. The quantitative estimate of drug-likeness (QED) is 0.503. The zero-order valence-electron chi connectivity index (χ0n) is 18.1. The van der Waals surface area contributed by atoms with Gasteiger partial charge in [0, 0.05) is 17.1 Å². The lowest BCUT2D eigenvalue weighted by atomic mass is 9.97. The number of fused-ring (bicyclic) bond motifs is 2. The number of carbonyl (C=O) groups is 3. The van der Waals surface area contributed by atoms with Gasteiger partial charge in [0.05, 0.1) is 17.4 Å². The van der Waals surface area contributed by atoms with Gasteiger partial charge in [-0.25, -0.2) is 0 Å². The van der Waals surface area contributed by atoms with Crippen molar-refractivity contribution in [3.8, 4) is 11.5 Å². The maximum absolute atomic E-state index is 13.5. The summed E-state index contributed by atoms with van der Waals surface area (Å²) in [5.41, 5.74) is 0.139. The van der Waals surface area contributed by atoms with Gasteiger partial charge in [-0.05, 0) is 57.2 Å². The fourth-order valence-electron chi connectivity index (χ4n) is 3.91. The Kier molecular flexibility index (Phi) is 5.46. The lowest BCUT2D eigenvalue weighted by molar-refractivity contribution is -0.133. The molecular formula is C24H23ClN2O5. The summed E-state index contributed by atoms with van der Waals surface area (Å²) in [6.07, 6.45) is 1.61. The van der Waals surface area contributed by atoms with Crippen molar-refractivity contribution in [2.75, 3.05) is 23.0 Å². The number of ketones is 1. The molecule has 0 fully saturated rings. The molecule has 4 rings (SSSR count). The summed E-state index contributed by atoms with van der Waals surface area (Å²) in [6, 6.07) is 9.04. The van der Waals surface area contributed by atoms with Gasteiger partial charge in [-0.15, -0.1) is 6.58 Å². The van der Waals surface area contributed by atoms with Gasteiger partial charge >= 0.3 is 0 Å². The van der Waals surface area contributed by atoms with Crippen LogP contribution in [0.4, 0.5) is 11.4 Å². The molecule has 2 aliphatic rings. The van der Waals surface area contributed by atoms with Gasteiger partial charge in [0.25, 0.3) is 11.8 Å². The van der Waals surface area contributed by atoms with E-state index >= 15 is 0 Å². The average molecular weight is 455 g/mol. The second-order valence-corrected chi connectivity index (χ2v) is 8.64. The van der Waals surface area contributed by atoms with E-state index in [1.807, 2.05) is 0 Å². The molecule has 0 bridgehead atoms. The molecule has 0 saturated carbocycles. The number of anilines is 2. The highest BCUT2D eigenvalue weighted by Gasteiger charge is 2.44. The summed E-state index contributed by atoms with van der Waals surface area (Å²) >= 11 is 6.16. The number of hydrogen-bond donors (Lipinski definition) is 0. The predicted octanol–water partition coefficient (Wildman–Crippen LogP) is 4.03. The third-order valence-electron chi connectivity index (χ3n) is 5.54. The minimum absolute atomic E-state index is 0.0700. The highest BCUT2D eigenvalue weighted by Crippen LogP contribution is 2.41. The maximum Gasteiger partial charge on any atom is 0.271 e. The lowest BCUT2D eigenvalue weighted by Gasteiger charge is -2.41. The fraction of sp³-hybridized carbons (Fsp3) is 0.292. The maximum atomic E-state index is 13.5. The van der Waals surface area contributed by atoms with Crippen molar-refractivity contribution in [3.63, 3.8) is 0 Å². The molecule has 0 N–H and O–H groups in total. The van der Waals surface area contributed by atoms with E-state index in [4.69, 9.17) is 21.1 Å². The van der Waals surface area contributed by atoms with Gasteiger partial charge in [0.15, 0.2) is 18.0 Å². The van der Waals surface area contributed by atoms with Gasteiger partial charge in [-0.3, -0.25) is 19.3 Å².